The Balaban J connectivity index is 1.91. The summed E-state index contributed by atoms with van der Waals surface area (Å²) < 4.78 is 5.18. The molecule has 0 aromatic rings. The van der Waals surface area contributed by atoms with E-state index in [4.69, 9.17) is 4.74 Å². The number of nitrogens with zero attached hydrogens (tertiary/aromatic N) is 1. The summed E-state index contributed by atoms with van der Waals surface area (Å²) in [5, 5.41) is 13.1. The lowest BCUT2D eigenvalue weighted by Gasteiger charge is -2.28. The minimum absolute atomic E-state index is 0.0974. The molecule has 0 radical (unpaired) electrons. The van der Waals surface area contributed by atoms with Gasteiger partial charge in [-0.1, -0.05) is 31.9 Å². The first-order valence-corrected chi connectivity index (χ1v) is 11.0. The molecule has 0 unspecified atom stereocenters. The van der Waals surface area contributed by atoms with E-state index in [1.54, 1.807) is 13.0 Å². The quantitative estimate of drug-likeness (QED) is 0.279. The number of carbonyl (C=O) groups excluding carboxylic acids is 2. The van der Waals surface area contributed by atoms with Crippen molar-refractivity contribution in [1.29, 1.82) is 0 Å². The maximum Gasteiger partial charge on any atom is 0.332 e. The lowest BCUT2D eigenvalue weighted by molar-refractivity contribution is -0.149. The average Bonchev–Trinajstić information content (AvgIpc) is 3.27. The fraction of sp³-hybridized carbons (Fsp3) is 0.739. The fourth-order valence-corrected chi connectivity index (χ4v) is 4.37. The van der Waals surface area contributed by atoms with E-state index < -0.39 is 23.7 Å². The van der Waals surface area contributed by atoms with Crippen LogP contribution < -0.4 is 5.32 Å². The van der Waals surface area contributed by atoms with Gasteiger partial charge in [-0.05, 0) is 44.9 Å². The highest BCUT2D eigenvalue weighted by atomic mass is 16.5. The molecule has 0 bridgehead atoms. The van der Waals surface area contributed by atoms with Crippen LogP contribution in [-0.4, -0.2) is 59.3 Å². The fourth-order valence-electron chi connectivity index (χ4n) is 4.37. The van der Waals surface area contributed by atoms with E-state index in [9.17, 15) is 14.7 Å². The van der Waals surface area contributed by atoms with Gasteiger partial charge in [0, 0.05) is 19.0 Å². The van der Waals surface area contributed by atoms with Gasteiger partial charge in [0.15, 0.2) is 0 Å². The topological polar surface area (TPSA) is 78.9 Å². The van der Waals surface area contributed by atoms with E-state index in [1.807, 2.05) is 6.08 Å². The highest BCUT2D eigenvalue weighted by molar-refractivity contribution is 5.93. The Kier molecular flexibility index (Phi) is 8.90. The van der Waals surface area contributed by atoms with Crippen molar-refractivity contribution in [2.24, 2.45) is 11.8 Å². The van der Waals surface area contributed by atoms with E-state index in [1.165, 1.54) is 12.8 Å². The molecule has 6 nitrogen and oxygen atoms in total. The first-order valence-electron chi connectivity index (χ1n) is 11.0. The molecule has 1 aliphatic carbocycles. The largest absolute Gasteiger partial charge is 0.464 e. The van der Waals surface area contributed by atoms with Crippen LogP contribution >= 0.6 is 0 Å². The van der Waals surface area contributed by atoms with Crippen molar-refractivity contribution in [3.8, 4) is 0 Å². The van der Waals surface area contributed by atoms with E-state index in [0.29, 0.717) is 25.3 Å². The molecule has 2 aliphatic rings. The first-order chi connectivity index (χ1) is 13.9. The van der Waals surface area contributed by atoms with Crippen molar-refractivity contribution in [3.63, 3.8) is 0 Å². The Hall–Kier alpha value is -1.66. The predicted molar refractivity (Wildman–Crippen MR) is 114 cm³/mol. The Bertz CT molecular complexity index is 593. The molecule has 1 saturated heterocycles. The van der Waals surface area contributed by atoms with Gasteiger partial charge in [0.25, 0.3) is 0 Å². The minimum Gasteiger partial charge on any atom is -0.464 e. The molecule has 6 heteroatoms. The van der Waals surface area contributed by atoms with Gasteiger partial charge >= 0.3 is 5.97 Å². The van der Waals surface area contributed by atoms with Crippen LogP contribution in [0.4, 0.5) is 0 Å². The summed E-state index contributed by atoms with van der Waals surface area (Å²) in [5.74, 6) is -0.242. The molecular weight excluding hydrogens is 368 g/mol. The van der Waals surface area contributed by atoms with Crippen molar-refractivity contribution in [2.75, 3.05) is 19.7 Å². The highest BCUT2D eigenvalue weighted by Gasteiger charge is 2.61. The third kappa shape index (κ3) is 6.16. The van der Waals surface area contributed by atoms with Gasteiger partial charge in [0.05, 0.1) is 18.8 Å². The molecule has 1 aliphatic heterocycles. The maximum absolute atomic E-state index is 13.0. The second-order valence-electron chi connectivity index (χ2n) is 8.62. The molecule has 2 N–H and O–H groups in total. The Morgan fingerprint density at radius 1 is 1.34 bits per heavy atom. The van der Waals surface area contributed by atoms with E-state index in [-0.39, 0.29) is 18.4 Å². The lowest BCUT2D eigenvalue weighted by Crippen LogP contribution is -2.52. The number of allylic oxidation sites excluding steroid dienone is 1. The smallest absolute Gasteiger partial charge is 0.332 e. The molecule has 0 aromatic heterocycles. The standard InChI is InChI=1S/C23H38N2O4/c1-5-8-9-10-11-12-17(4)15-25-16-19(26)13-20(25)21(27)24-23(14-18(23)6-2)22(28)29-7-3/h5-6,17-20,26H,1-2,7-16H2,3-4H3,(H,24,27)/t17-,18+,19+,20-,23+/m0/s1. The lowest BCUT2D eigenvalue weighted by atomic mass is 10.0. The van der Waals surface area contributed by atoms with Crippen molar-refractivity contribution < 1.29 is 19.4 Å². The van der Waals surface area contributed by atoms with Gasteiger partial charge in [0.2, 0.25) is 5.91 Å². The second kappa shape index (κ2) is 10.9. The Morgan fingerprint density at radius 3 is 2.72 bits per heavy atom. The van der Waals surface area contributed by atoms with Crippen LogP contribution in [0.3, 0.4) is 0 Å². The van der Waals surface area contributed by atoms with Crippen LogP contribution in [0.15, 0.2) is 25.3 Å². The van der Waals surface area contributed by atoms with Crippen molar-refractivity contribution in [2.45, 2.75) is 76.5 Å². The van der Waals surface area contributed by atoms with E-state index >= 15 is 0 Å². The molecule has 1 heterocycles. The number of aliphatic hydroxyl groups is 1. The zero-order chi connectivity index (χ0) is 21.4. The average molecular weight is 407 g/mol. The number of nitrogens with one attached hydrogen (secondary N) is 1. The summed E-state index contributed by atoms with van der Waals surface area (Å²) in [4.78, 5) is 27.5. The summed E-state index contributed by atoms with van der Waals surface area (Å²) in [6.45, 7) is 13.0. The highest BCUT2D eigenvalue weighted by Crippen LogP contribution is 2.45. The van der Waals surface area contributed by atoms with Crippen LogP contribution in [0.25, 0.3) is 0 Å². The third-order valence-corrected chi connectivity index (χ3v) is 6.12. The van der Waals surface area contributed by atoms with Crippen LogP contribution in [0.5, 0.6) is 0 Å². The summed E-state index contributed by atoms with van der Waals surface area (Å²) in [6, 6.07) is -0.411. The van der Waals surface area contributed by atoms with Gasteiger partial charge in [-0.3, -0.25) is 9.69 Å². The summed E-state index contributed by atoms with van der Waals surface area (Å²) in [6.07, 6.45) is 9.75. The first kappa shape index (κ1) is 23.6. The zero-order valence-electron chi connectivity index (χ0n) is 18.1. The van der Waals surface area contributed by atoms with Gasteiger partial charge < -0.3 is 15.2 Å². The number of esters is 1. The summed E-state index contributed by atoms with van der Waals surface area (Å²) in [5.41, 5.74) is -0.981. The molecule has 29 heavy (non-hydrogen) atoms. The Labute approximate surface area is 175 Å². The van der Waals surface area contributed by atoms with Crippen LogP contribution in [0.1, 0.15) is 58.8 Å². The normalized spacial score (nSPS) is 29.8. The van der Waals surface area contributed by atoms with Crippen molar-refractivity contribution in [3.05, 3.63) is 25.3 Å². The van der Waals surface area contributed by atoms with E-state index in [0.717, 1.165) is 25.8 Å². The molecule has 2 rings (SSSR count). The molecule has 2 fully saturated rings. The minimum atomic E-state index is -0.981. The monoisotopic (exact) mass is 406 g/mol. The Morgan fingerprint density at radius 2 is 2.10 bits per heavy atom. The number of carbonyl (C=O) groups is 2. The van der Waals surface area contributed by atoms with Gasteiger partial charge in [0.1, 0.15) is 5.54 Å². The van der Waals surface area contributed by atoms with Crippen molar-refractivity contribution in [1.82, 2.24) is 10.2 Å². The van der Waals surface area contributed by atoms with Gasteiger partial charge in [-0.25, -0.2) is 4.79 Å². The number of unbranched alkanes of at least 4 members (excludes halogenated alkanes) is 3. The second-order valence-corrected chi connectivity index (χ2v) is 8.62. The van der Waals surface area contributed by atoms with Crippen LogP contribution in [0, 0.1) is 11.8 Å². The van der Waals surface area contributed by atoms with Gasteiger partial charge in [-0.2, -0.15) is 0 Å². The van der Waals surface area contributed by atoms with Gasteiger partial charge in [-0.15, -0.1) is 13.2 Å². The predicted octanol–water partition coefficient (Wildman–Crippen LogP) is 2.82. The maximum atomic E-state index is 13.0. The molecule has 164 valence electrons. The molecule has 0 spiro atoms. The number of hydrogen-bond donors (Lipinski definition) is 2. The number of amides is 1. The van der Waals surface area contributed by atoms with E-state index in [2.05, 4.69) is 30.3 Å². The summed E-state index contributed by atoms with van der Waals surface area (Å²) in [7, 11) is 0. The molecule has 1 saturated carbocycles. The number of ether oxygens (including phenoxy) is 1. The number of hydrogen-bond acceptors (Lipinski definition) is 5. The molecule has 1 amide bonds. The number of β-amino-alcohol motifs (C(OH)–C–C–N with tert-alkyl or cyclic N) is 1. The number of likely N-dealkylation sites (tertiary alicyclic amines) is 1. The van der Waals surface area contributed by atoms with Crippen LogP contribution in [-0.2, 0) is 14.3 Å². The number of aliphatic hydroxyl groups excluding tert-OH is 1. The third-order valence-electron chi connectivity index (χ3n) is 6.12. The summed E-state index contributed by atoms with van der Waals surface area (Å²) >= 11 is 0. The van der Waals surface area contributed by atoms with Crippen molar-refractivity contribution >= 4 is 11.9 Å². The SMILES string of the molecule is C=CCCCCC[C@H](C)CN1C[C@H](O)C[C@H]1C(=O)N[C@]1(C(=O)OCC)C[C@H]1C=C. The zero-order valence-corrected chi connectivity index (χ0v) is 18.1. The number of rotatable bonds is 13. The molecule has 0 aromatic carbocycles. The molecular formula is C23H38N2O4. The van der Waals surface area contributed by atoms with Crippen LogP contribution in [0.2, 0.25) is 0 Å². The molecule has 5 atom stereocenters.